The molecule has 0 aromatic heterocycles. The maximum atomic E-state index is 13.6. The molecule has 0 amide bonds. The van der Waals surface area contributed by atoms with Gasteiger partial charge in [0.15, 0.2) is 0 Å². The molecule has 6 heteroatoms. The number of anilines is 1. The first-order chi connectivity index (χ1) is 10.0. The summed E-state index contributed by atoms with van der Waals surface area (Å²) < 4.78 is 13.6. The van der Waals surface area contributed by atoms with Crippen LogP contribution in [0.3, 0.4) is 0 Å². The number of nitrogens with zero attached hydrogens (tertiary/aromatic N) is 3. The summed E-state index contributed by atoms with van der Waals surface area (Å²) in [7, 11) is 1.71. The summed E-state index contributed by atoms with van der Waals surface area (Å²) in [5, 5.41) is 19.8. The highest BCUT2D eigenvalue weighted by atomic mass is 19.1. The van der Waals surface area contributed by atoms with Gasteiger partial charge in [-0.1, -0.05) is 18.2 Å². The lowest BCUT2D eigenvalue weighted by Gasteiger charge is -2.19. The Bertz CT molecular complexity index is 725. The molecule has 0 heterocycles. The Morgan fingerprint density at radius 1 is 1.33 bits per heavy atom. The van der Waals surface area contributed by atoms with E-state index in [-0.39, 0.29) is 23.6 Å². The lowest BCUT2D eigenvalue weighted by molar-refractivity contribution is -0.385. The van der Waals surface area contributed by atoms with Gasteiger partial charge < -0.3 is 4.90 Å². The molecule has 0 saturated heterocycles. The van der Waals surface area contributed by atoms with E-state index < -0.39 is 4.92 Å². The minimum atomic E-state index is -0.598. The second-order valence-electron chi connectivity index (χ2n) is 4.52. The van der Waals surface area contributed by atoms with Gasteiger partial charge in [0.2, 0.25) is 0 Å². The molecule has 0 saturated carbocycles. The number of nitro benzene ring substituents is 1. The molecule has 2 rings (SSSR count). The fourth-order valence-electron chi connectivity index (χ4n) is 1.98. The summed E-state index contributed by atoms with van der Waals surface area (Å²) in [6.45, 7) is 0.274. The van der Waals surface area contributed by atoms with Gasteiger partial charge in [0.1, 0.15) is 17.4 Å². The van der Waals surface area contributed by atoms with Crippen LogP contribution in [0.1, 0.15) is 11.1 Å². The largest absolute Gasteiger partial charge is 0.370 e. The van der Waals surface area contributed by atoms with Crippen molar-refractivity contribution in [3.05, 3.63) is 69.5 Å². The van der Waals surface area contributed by atoms with Gasteiger partial charge >= 0.3 is 0 Å². The smallest absolute Gasteiger partial charge is 0.289 e. The van der Waals surface area contributed by atoms with Crippen LogP contribution in [-0.2, 0) is 6.54 Å². The molecular formula is C15H12FN3O2. The van der Waals surface area contributed by atoms with E-state index in [0.29, 0.717) is 11.3 Å². The fraction of sp³-hybridized carbons (Fsp3) is 0.133. The number of halogens is 1. The van der Waals surface area contributed by atoms with Gasteiger partial charge in [0.05, 0.1) is 4.92 Å². The van der Waals surface area contributed by atoms with Gasteiger partial charge in [-0.15, -0.1) is 0 Å². The van der Waals surface area contributed by atoms with E-state index in [1.165, 1.54) is 18.2 Å². The van der Waals surface area contributed by atoms with Crippen molar-refractivity contribution < 1.29 is 9.31 Å². The summed E-state index contributed by atoms with van der Waals surface area (Å²) in [5.74, 6) is -0.326. The first kappa shape index (κ1) is 14.5. The van der Waals surface area contributed by atoms with Crippen LogP contribution >= 0.6 is 0 Å². The molecule has 0 N–H and O–H groups in total. The van der Waals surface area contributed by atoms with Crippen molar-refractivity contribution in [3.63, 3.8) is 0 Å². The Balaban J connectivity index is 2.30. The van der Waals surface area contributed by atoms with E-state index in [0.717, 1.165) is 0 Å². The van der Waals surface area contributed by atoms with E-state index >= 15 is 0 Å². The Hall–Kier alpha value is -2.94. The lowest BCUT2D eigenvalue weighted by Crippen LogP contribution is -2.17. The summed E-state index contributed by atoms with van der Waals surface area (Å²) in [4.78, 5) is 12.0. The molecule has 106 valence electrons. The Kier molecular flexibility index (Phi) is 4.14. The highest BCUT2D eigenvalue weighted by molar-refractivity contribution is 5.60. The van der Waals surface area contributed by atoms with Gasteiger partial charge in [-0.3, -0.25) is 10.1 Å². The van der Waals surface area contributed by atoms with E-state index in [4.69, 9.17) is 5.26 Å². The van der Waals surface area contributed by atoms with Crippen molar-refractivity contribution in [3.8, 4) is 6.07 Å². The second-order valence-corrected chi connectivity index (χ2v) is 4.52. The van der Waals surface area contributed by atoms with E-state index in [1.807, 2.05) is 0 Å². The zero-order valence-electron chi connectivity index (χ0n) is 11.3. The van der Waals surface area contributed by atoms with Crippen LogP contribution in [0, 0.1) is 27.3 Å². The number of rotatable bonds is 4. The minimum absolute atomic E-state index is 0.00282. The van der Waals surface area contributed by atoms with E-state index in [9.17, 15) is 14.5 Å². The molecule has 2 aromatic rings. The number of hydrogen-bond acceptors (Lipinski definition) is 4. The standard InChI is InChI=1S/C15H12FN3O2/c1-18(10-12-4-2-3-5-14(12)16)13-7-6-11(9-17)15(8-13)19(20)21/h2-8H,10H2,1H3. The van der Waals surface area contributed by atoms with Crippen molar-refractivity contribution in [2.45, 2.75) is 6.54 Å². The monoisotopic (exact) mass is 285 g/mol. The van der Waals surface area contributed by atoms with Gasteiger partial charge in [-0.2, -0.15) is 5.26 Å². The maximum Gasteiger partial charge on any atom is 0.289 e. The maximum absolute atomic E-state index is 13.6. The molecule has 0 atom stereocenters. The zero-order chi connectivity index (χ0) is 15.4. The average Bonchev–Trinajstić information content (AvgIpc) is 2.48. The third-order valence-electron chi connectivity index (χ3n) is 3.10. The van der Waals surface area contributed by atoms with Crippen molar-refractivity contribution >= 4 is 11.4 Å². The van der Waals surface area contributed by atoms with Crippen LogP contribution in [0.2, 0.25) is 0 Å². The lowest BCUT2D eigenvalue weighted by atomic mass is 10.1. The number of nitro groups is 1. The predicted octanol–water partition coefficient (Wildman–Crippen LogP) is 3.24. The van der Waals surface area contributed by atoms with Crippen LogP contribution in [-0.4, -0.2) is 12.0 Å². The summed E-state index contributed by atoms with van der Waals surface area (Å²) in [6, 6.07) is 12.5. The summed E-state index contributed by atoms with van der Waals surface area (Å²) in [5.41, 5.74) is 0.786. The van der Waals surface area contributed by atoms with Crippen molar-refractivity contribution in [2.24, 2.45) is 0 Å². The summed E-state index contributed by atoms with van der Waals surface area (Å²) in [6.07, 6.45) is 0. The minimum Gasteiger partial charge on any atom is -0.370 e. The van der Waals surface area contributed by atoms with E-state index in [1.54, 1.807) is 42.3 Å². The molecule has 0 aliphatic carbocycles. The van der Waals surface area contributed by atoms with Crippen LogP contribution in [0.5, 0.6) is 0 Å². The van der Waals surface area contributed by atoms with Crippen molar-refractivity contribution in [1.29, 1.82) is 5.26 Å². The second kappa shape index (κ2) is 6.01. The number of hydrogen-bond donors (Lipinski definition) is 0. The zero-order valence-corrected chi connectivity index (χ0v) is 11.3. The molecule has 0 bridgehead atoms. The van der Waals surface area contributed by atoms with Crippen LogP contribution in [0.4, 0.5) is 15.8 Å². The summed E-state index contributed by atoms with van der Waals surface area (Å²) >= 11 is 0. The van der Waals surface area contributed by atoms with Gasteiger partial charge in [-0.05, 0) is 18.2 Å². The first-order valence-electron chi connectivity index (χ1n) is 6.16. The topological polar surface area (TPSA) is 70.2 Å². The predicted molar refractivity (Wildman–Crippen MR) is 76.3 cm³/mol. The molecule has 2 aromatic carbocycles. The number of benzene rings is 2. The number of nitriles is 1. The van der Waals surface area contributed by atoms with Crippen LogP contribution in [0.25, 0.3) is 0 Å². The normalized spacial score (nSPS) is 9.95. The van der Waals surface area contributed by atoms with Gasteiger partial charge in [0.25, 0.3) is 5.69 Å². The van der Waals surface area contributed by atoms with Gasteiger partial charge in [0, 0.05) is 30.9 Å². The van der Waals surface area contributed by atoms with Crippen molar-refractivity contribution in [1.82, 2.24) is 0 Å². The Morgan fingerprint density at radius 3 is 2.67 bits per heavy atom. The van der Waals surface area contributed by atoms with Crippen LogP contribution in [0.15, 0.2) is 42.5 Å². The SMILES string of the molecule is CN(Cc1ccccc1F)c1ccc(C#N)c([N+](=O)[O-])c1. The molecule has 0 aliphatic heterocycles. The fourth-order valence-corrected chi connectivity index (χ4v) is 1.98. The molecule has 21 heavy (non-hydrogen) atoms. The molecular weight excluding hydrogens is 273 g/mol. The average molecular weight is 285 g/mol. The highest BCUT2D eigenvalue weighted by Crippen LogP contribution is 2.25. The molecule has 0 fully saturated rings. The third-order valence-corrected chi connectivity index (χ3v) is 3.10. The quantitative estimate of drug-likeness (QED) is 0.638. The first-order valence-corrected chi connectivity index (χ1v) is 6.16. The van der Waals surface area contributed by atoms with Crippen molar-refractivity contribution in [2.75, 3.05) is 11.9 Å². The highest BCUT2D eigenvalue weighted by Gasteiger charge is 2.16. The Morgan fingerprint density at radius 2 is 2.05 bits per heavy atom. The third kappa shape index (κ3) is 3.15. The molecule has 0 unspecified atom stereocenters. The van der Waals surface area contributed by atoms with Gasteiger partial charge in [-0.25, -0.2) is 4.39 Å². The molecule has 0 radical (unpaired) electrons. The Labute approximate surface area is 121 Å². The van der Waals surface area contributed by atoms with E-state index in [2.05, 4.69) is 0 Å². The molecule has 0 aliphatic rings. The molecule has 5 nitrogen and oxygen atoms in total. The molecule has 0 spiro atoms. The van der Waals surface area contributed by atoms with Crippen LogP contribution < -0.4 is 4.90 Å².